The molecule has 18 rings (SSSR count). The van der Waals surface area contributed by atoms with Gasteiger partial charge < -0.3 is 28.2 Å². The molecule has 16 aromatic rings. The molecule has 0 unspecified atom stereocenters. The number of pyridine rings is 1. The Labute approximate surface area is 510 Å². The van der Waals surface area contributed by atoms with Crippen molar-refractivity contribution < 1.29 is 25.8 Å². The molecule has 0 radical (unpaired) electrons. The monoisotopic (exact) mass is 1280 g/mol. The number of benzene rings is 12. The van der Waals surface area contributed by atoms with Crippen molar-refractivity contribution in [2.45, 2.75) is 0 Å². The van der Waals surface area contributed by atoms with Crippen LogP contribution in [0.5, 0.6) is 11.5 Å². The Kier molecular flexibility index (Phi) is 11.4. The molecule has 0 fully saturated rings. The molecule has 2 aliphatic rings. The summed E-state index contributed by atoms with van der Waals surface area (Å²) in [5, 5.41) is 7.00. The summed E-state index contributed by atoms with van der Waals surface area (Å²) in [4.78, 5) is 9.78. The molecule has 8 heteroatoms. The van der Waals surface area contributed by atoms with Gasteiger partial charge in [0, 0.05) is 111 Å². The molecule has 2 aliphatic heterocycles. The Morgan fingerprint density at radius 2 is 0.930 bits per heavy atom. The van der Waals surface area contributed by atoms with E-state index >= 15 is 0 Å². The predicted molar refractivity (Wildman–Crippen MR) is 348 cm³/mol. The zero-order valence-corrected chi connectivity index (χ0v) is 48.3. The van der Waals surface area contributed by atoms with Gasteiger partial charge in [0.1, 0.15) is 5.82 Å². The molecule has 0 saturated heterocycles. The van der Waals surface area contributed by atoms with Crippen LogP contribution in [0.15, 0.2) is 279 Å². The second-order valence-corrected chi connectivity index (χ2v) is 21.9. The molecule has 0 spiro atoms. The Morgan fingerprint density at radius 3 is 1.65 bits per heavy atom. The molecule has 0 bridgehead atoms. The van der Waals surface area contributed by atoms with Crippen molar-refractivity contribution in [2.24, 2.45) is 0 Å². The number of hydrogen-bond acceptors (Lipinski definition) is 4. The minimum absolute atomic E-state index is 0. The molecule has 0 saturated carbocycles. The maximum Gasteiger partial charge on any atom is 0.137 e. The van der Waals surface area contributed by atoms with Crippen LogP contribution in [0.4, 0.5) is 22.7 Å². The van der Waals surface area contributed by atoms with Gasteiger partial charge in [-0.05, 0) is 76.2 Å². The number of anilines is 4. The van der Waals surface area contributed by atoms with Gasteiger partial charge in [0.05, 0.1) is 33.4 Å². The van der Waals surface area contributed by atoms with E-state index in [9.17, 15) is 0 Å². The van der Waals surface area contributed by atoms with Crippen molar-refractivity contribution in [3.05, 3.63) is 298 Å². The minimum atomic E-state index is 0. The Bertz CT molecular complexity index is 5300. The first kappa shape index (κ1) is 49.8. The summed E-state index contributed by atoms with van der Waals surface area (Å²) < 4.78 is 14.1. The largest absolute Gasteiger partial charge is 0.509 e. The van der Waals surface area contributed by atoms with E-state index in [-0.39, 0.29) is 21.1 Å². The van der Waals surface area contributed by atoms with Gasteiger partial charge in [0.15, 0.2) is 0 Å². The molecule has 0 atom stereocenters. The van der Waals surface area contributed by atoms with Gasteiger partial charge in [-0.2, -0.15) is 12.1 Å². The second-order valence-electron chi connectivity index (χ2n) is 21.9. The number of aromatic nitrogens is 4. The zero-order chi connectivity index (χ0) is 55.7. The minimum Gasteiger partial charge on any atom is -0.509 e. The van der Waals surface area contributed by atoms with Crippen LogP contribution in [0.2, 0.25) is 0 Å². The van der Waals surface area contributed by atoms with E-state index in [4.69, 9.17) is 9.72 Å². The van der Waals surface area contributed by atoms with Crippen LogP contribution in [-0.4, -0.2) is 18.7 Å². The molecule has 0 aliphatic carbocycles. The summed E-state index contributed by atoms with van der Waals surface area (Å²) in [6, 6.07) is 105. The fraction of sp³-hybridized carbons (Fsp3) is 0. The molecule has 12 aromatic carbocycles. The number of nitrogens with zero attached hydrogens (tertiary/aromatic N) is 6. The van der Waals surface area contributed by atoms with Crippen LogP contribution in [0, 0.1) is 18.8 Å². The van der Waals surface area contributed by atoms with Gasteiger partial charge in [-0.25, -0.2) is 4.98 Å². The summed E-state index contributed by atoms with van der Waals surface area (Å²) >= 11 is 0. The first-order valence-corrected chi connectivity index (χ1v) is 28.8. The number of ether oxygens (including phenoxy) is 1. The molecule has 4 aromatic heterocycles. The SMILES string of the molecule is [Pt].[c-]1c(Oc2[c-]c3c(cc2)c2c4c(ccc2n3-c2cc(-n3c5ccccc5c5ccccc53)ccn2)-n2c3ccccc3c3cccc(c32)-c2ccccc2-4)cccc1N1[CH-]N(c2c(-c3ccccc3)cccc2-c2ccccc2)c2ccccc21. The van der Waals surface area contributed by atoms with Crippen molar-refractivity contribution in [1.82, 2.24) is 18.7 Å². The number of fused-ring (bicyclic) bond motifs is 16. The predicted octanol–water partition coefficient (Wildman–Crippen LogP) is 20.2. The van der Waals surface area contributed by atoms with E-state index in [0.717, 1.165) is 101 Å². The average molecular weight is 1280 g/mol. The fourth-order valence-corrected chi connectivity index (χ4v) is 13.8. The summed E-state index contributed by atoms with van der Waals surface area (Å²) in [6.07, 6.45) is 1.93. The normalized spacial score (nSPS) is 12.5. The summed E-state index contributed by atoms with van der Waals surface area (Å²) in [7, 11) is 0. The molecule has 408 valence electrons. The van der Waals surface area contributed by atoms with Gasteiger partial charge in [-0.3, -0.25) is 0 Å². The first-order chi connectivity index (χ1) is 42.2. The third-order valence-electron chi connectivity index (χ3n) is 17.3. The molecule has 86 heavy (non-hydrogen) atoms. The maximum atomic E-state index is 7.01. The van der Waals surface area contributed by atoms with Crippen molar-refractivity contribution in [3.63, 3.8) is 0 Å². The Hall–Kier alpha value is -10.7. The molecular weight excluding hydrogens is 1230 g/mol. The Balaban J connectivity index is 0.00000578. The van der Waals surface area contributed by atoms with Crippen molar-refractivity contribution in [1.29, 1.82) is 0 Å². The van der Waals surface area contributed by atoms with Crippen LogP contribution in [0.1, 0.15) is 0 Å². The van der Waals surface area contributed by atoms with Gasteiger partial charge in [0.25, 0.3) is 0 Å². The number of rotatable bonds is 8. The van der Waals surface area contributed by atoms with E-state index in [1.54, 1.807) is 0 Å². The number of hydrogen-bond donors (Lipinski definition) is 0. The van der Waals surface area contributed by atoms with Crippen LogP contribution >= 0.6 is 0 Å². The van der Waals surface area contributed by atoms with Crippen LogP contribution in [-0.2, 0) is 21.1 Å². The van der Waals surface area contributed by atoms with E-state index in [1.807, 2.05) is 18.3 Å². The van der Waals surface area contributed by atoms with Gasteiger partial charge in [-0.15, -0.1) is 48.1 Å². The van der Waals surface area contributed by atoms with Crippen LogP contribution in [0.25, 0.3) is 127 Å². The van der Waals surface area contributed by atoms with E-state index in [0.29, 0.717) is 11.5 Å². The third-order valence-corrected chi connectivity index (χ3v) is 17.3. The molecule has 6 heterocycles. The molecule has 7 nitrogen and oxygen atoms in total. The van der Waals surface area contributed by atoms with Crippen LogP contribution < -0.4 is 14.5 Å². The van der Waals surface area contributed by atoms with Crippen molar-refractivity contribution in [3.8, 4) is 73.2 Å². The van der Waals surface area contributed by atoms with E-state index < -0.39 is 0 Å². The van der Waals surface area contributed by atoms with Crippen molar-refractivity contribution >= 4 is 88.2 Å². The maximum absolute atomic E-state index is 7.01. The first-order valence-electron chi connectivity index (χ1n) is 28.8. The standard InChI is InChI=1S/C78H47N6O.Pt/c1-3-20-50(21-4-1)56-31-18-32-57(51-22-5-2-6-23-51)77(56)81-49-80(69-38-15-16-39-70(69)81)52-24-17-25-54(46-52)85-55-40-41-65-73(48-55)83(74-47-53(44-45-79-74)82-66-35-12-9-27-59(66)60-28-10-13-36-67(60)82)71-42-43-72-75(76(65)71)62-30-8-7-26-58(62)63-33-19-34-64-61-29-11-14-37-68(61)84(72)78(63)64;/h1-45,47,49H;/q-3;. The molecular formula is C78H47N6OPt-3. The molecule has 0 amide bonds. The summed E-state index contributed by atoms with van der Waals surface area (Å²) in [5.74, 6) is 1.87. The quantitative estimate of drug-likeness (QED) is 0.142. The van der Waals surface area contributed by atoms with Crippen LogP contribution in [0.3, 0.4) is 0 Å². The van der Waals surface area contributed by atoms with Gasteiger partial charge in [0.2, 0.25) is 0 Å². The molecule has 0 N–H and O–H groups in total. The van der Waals surface area contributed by atoms with E-state index in [1.165, 1.54) is 49.3 Å². The van der Waals surface area contributed by atoms with Gasteiger partial charge in [-0.1, -0.05) is 194 Å². The smallest absolute Gasteiger partial charge is 0.137 e. The van der Waals surface area contributed by atoms with E-state index in [2.05, 4.69) is 303 Å². The van der Waals surface area contributed by atoms with Gasteiger partial charge >= 0.3 is 0 Å². The topological polar surface area (TPSA) is 43.4 Å². The summed E-state index contributed by atoms with van der Waals surface area (Å²) in [6.45, 7) is 2.19. The third kappa shape index (κ3) is 7.48. The second kappa shape index (κ2) is 19.7. The average Bonchev–Trinajstić information content (AvgIpc) is 1.69. The number of para-hydroxylation sites is 7. The Morgan fingerprint density at radius 1 is 0.372 bits per heavy atom. The fourth-order valence-electron chi connectivity index (χ4n) is 13.8. The zero-order valence-electron chi connectivity index (χ0n) is 46.0. The van der Waals surface area contributed by atoms with Crippen molar-refractivity contribution in [2.75, 3.05) is 9.80 Å². The summed E-state index contributed by atoms with van der Waals surface area (Å²) in [5.41, 5.74) is 21.9.